The first-order chi connectivity index (χ1) is 9.93. The van der Waals surface area contributed by atoms with Crippen molar-refractivity contribution in [3.63, 3.8) is 0 Å². The van der Waals surface area contributed by atoms with Gasteiger partial charge in [0.2, 0.25) is 5.91 Å². The van der Waals surface area contributed by atoms with Crippen molar-refractivity contribution in [1.29, 1.82) is 5.26 Å². The predicted octanol–water partition coefficient (Wildman–Crippen LogP) is 1.56. The third-order valence-corrected chi connectivity index (χ3v) is 3.91. The molecule has 7 nitrogen and oxygen atoms in total. The fourth-order valence-corrected chi connectivity index (χ4v) is 2.65. The van der Waals surface area contributed by atoms with E-state index in [-0.39, 0.29) is 29.1 Å². The highest BCUT2D eigenvalue weighted by molar-refractivity contribution is 5.78. The van der Waals surface area contributed by atoms with Gasteiger partial charge in [-0.2, -0.15) is 5.26 Å². The minimum absolute atomic E-state index is 0.0194. The Balaban J connectivity index is 2.34. The Bertz CT molecular complexity index is 623. The van der Waals surface area contributed by atoms with E-state index in [0.717, 1.165) is 12.8 Å². The van der Waals surface area contributed by atoms with Crippen LogP contribution >= 0.6 is 0 Å². The van der Waals surface area contributed by atoms with Crippen LogP contribution in [-0.2, 0) is 4.79 Å². The van der Waals surface area contributed by atoms with Crippen LogP contribution in [0.1, 0.15) is 25.3 Å². The number of anilines is 1. The highest BCUT2D eigenvalue weighted by Gasteiger charge is 2.29. The molecule has 0 radical (unpaired) electrons. The van der Waals surface area contributed by atoms with Gasteiger partial charge < -0.3 is 10.6 Å². The molecule has 1 aliphatic heterocycles. The highest BCUT2D eigenvalue weighted by Crippen LogP contribution is 2.30. The Morgan fingerprint density at radius 1 is 1.52 bits per heavy atom. The van der Waals surface area contributed by atoms with E-state index in [1.54, 1.807) is 6.07 Å². The minimum Gasteiger partial charge on any atom is -0.369 e. The molecule has 21 heavy (non-hydrogen) atoms. The summed E-state index contributed by atoms with van der Waals surface area (Å²) in [5.41, 5.74) is 5.88. The lowest BCUT2D eigenvalue weighted by atomic mass is 9.92. The van der Waals surface area contributed by atoms with Gasteiger partial charge in [-0.3, -0.25) is 14.9 Å². The zero-order valence-corrected chi connectivity index (χ0v) is 11.7. The zero-order valence-electron chi connectivity index (χ0n) is 11.7. The van der Waals surface area contributed by atoms with Crippen molar-refractivity contribution in [2.45, 2.75) is 25.8 Å². The van der Waals surface area contributed by atoms with Gasteiger partial charge in [-0.15, -0.1) is 0 Å². The zero-order chi connectivity index (χ0) is 15.6. The predicted molar refractivity (Wildman–Crippen MR) is 76.5 cm³/mol. The van der Waals surface area contributed by atoms with E-state index in [1.807, 2.05) is 17.9 Å². The smallest absolute Gasteiger partial charge is 0.287 e. The van der Waals surface area contributed by atoms with E-state index < -0.39 is 4.92 Å². The van der Waals surface area contributed by atoms with Gasteiger partial charge in [0, 0.05) is 24.3 Å². The van der Waals surface area contributed by atoms with Crippen LogP contribution in [0, 0.1) is 27.4 Å². The summed E-state index contributed by atoms with van der Waals surface area (Å²) in [4.78, 5) is 23.6. The highest BCUT2D eigenvalue weighted by atomic mass is 16.6. The van der Waals surface area contributed by atoms with Crippen LogP contribution in [-0.4, -0.2) is 23.4 Å². The van der Waals surface area contributed by atoms with Crippen LogP contribution in [0.25, 0.3) is 0 Å². The summed E-state index contributed by atoms with van der Waals surface area (Å²) in [5.74, 6) is -0.573. The quantitative estimate of drug-likeness (QED) is 0.669. The lowest BCUT2D eigenvalue weighted by Gasteiger charge is -2.38. The minimum atomic E-state index is -0.575. The van der Waals surface area contributed by atoms with Crippen molar-refractivity contribution >= 4 is 17.3 Å². The van der Waals surface area contributed by atoms with Crippen molar-refractivity contribution in [3.8, 4) is 6.07 Å². The van der Waals surface area contributed by atoms with Crippen molar-refractivity contribution in [2.75, 3.05) is 11.4 Å². The monoisotopic (exact) mass is 288 g/mol. The number of nitrogens with zero attached hydrogens (tertiary/aromatic N) is 3. The van der Waals surface area contributed by atoms with E-state index in [4.69, 9.17) is 11.0 Å². The summed E-state index contributed by atoms with van der Waals surface area (Å²) in [6, 6.07) is 6.47. The van der Waals surface area contributed by atoms with Crippen LogP contribution in [0.15, 0.2) is 18.2 Å². The maximum absolute atomic E-state index is 11.4. The Labute approximate surface area is 122 Å². The van der Waals surface area contributed by atoms with Crippen LogP contribution in [0.5, 0.6) is 0 Å². The molecule has 0 bridgehead atoms. The molecule has 110 valence electrons. The Morgan fingerprint density at radius 2 is 2.24 bits per heavy atom. The van der Waals surface area contributed by atoms with E-state index in [1.165, 1.54) is 12.1 Å². The maximum atomic E-state index is 11.4. The number of benzene rings is 1. The van der Waals surface area contributed by atoms with Gasteiger partial charge in [0.05, 0.1) is 10.8 Å². The third-order valence-electron chi connectivity index (χ3n) is 3.91. The Kier molecular flexibility index (Phi) is 4.08. The second-order valence-electron chi connectivity index (χ2n) is 5.25. The molecular formula is C14H16N4O3. The number of primary amides is 1. The number of rotatable bonds is 3. The number of nitriles is 1. The summed E-state index contributed by atoms with van der Waals surface area (Å²) in [6.07, 6.45) is 1.55. The summed E-state index contributed by atoms with van der Waals surface area (Å²) in [7, 11) is 0. The fraction of sp³-hybridized carbons (Fsp3) is 0.429. The average Bonchev–Trinajstić information content (AvgIpc) is 2.46. The molecule has 7 heteroatoms. The molecular weight excluding hydrogens is 272 g/mol. The third kappa shape index (κ3) is 2.94. The van der Waals surface area contributed by atoms with Crippen LogP contribution < -0.4 is 10.6 Å². The second-order valence-corrected chi connectivity index (χ2v) is 5.25. The standard InChI is InChI=1S/C14H16N4O3/c1-9-2-3-10(14(16)19)8-17(9)12-4-5-13(18(20)21)11(6-12)7-15/h4-6,9-10H,2-3,8H2,1H3,(H2,16,19). The van der Waals surface area contributed by atoms with Gasteiger partial charge in [0.15, 0.2) is 0 Å². The number of piperidine rings is 1. The molecule has 2 rings (SSSR count). The van der Waals surface area contributed by atoms with Crippen molar-refractivity contribution in [1.82, 2.24) is 0 Å². The molecule has 2 N–H and O–H groups in total. The molecule has 0 spiro atoms. The molecule has 1 aromatic rings. The molecule has 1 heterocycles. The summed E-state index contributed by atoms with van der Waals surface area (Å²) in [5, 5.41) is 19.9. The normalized spacial score (nSPS) is 21.6. The van der Waals surface area contributed by atoms with Crippen LogP contribution in [0.4, 0.5) is 11.4 Å². The number of nitrogens with two attached hydrogens (primary N) is 1. The average molecular weight is 288 g/mol. The fourth-order valence-electron chi connectivity index (χ4n) is 2.65. The number of carbonyl (C=O) groups is 1. The number of amides is 1. The van der Waals surface area contributed by atoms with Crippen molar-refractivity contribution < 1.29 is 9.72 Å². The molecule has 1 saturated heterocycles. The van der Waals surface area contributed by atoms with Gasteiger partial charge >= 0.3 is 0 Å². The summed E-state index contributed by atoms with van der Waals surface area (Å²) < 4.78 is 0. The molecule has 1 aliphatic rings. The van der Waals surface area contributed by atoms with Crippen molar-refractivity contribution in [3.05, 3.63) is 33.9 Å². The lowest BCUT2D eigenvalue weighted by molar-refractivity contribution is -0.385. The molecule has 1 amide bonds. The summed E-state index contributed by atoms with van der Waals surface area (Å²) >= 11 is 0. The number of nitro groups is 1. The molecule has 2 atom stereocenters. The van der Waals surface area contributed by atoms with Crippen LogP contribution in [0.3, 0.4) is 0 Å². The largest absolute Gasteiger partial charge is 0.369 e. The maximum Gasteiger partial charge on any atom is 0.287 e. The number of nitro benzene ring substituents is 1. The van der Waals surface area contributed by atoms with Crippen LogP contribution in [0.2, 0.25) is 0 Å². The number of carbonyl (C=O) groups excluding carboxylic acids is 1. The van der Waals surface area contributed by atoms with Gasteiger partial charge in [-0.1, -0.05) is 0 Å². The number of hydrogen-bond donors (Lipinski definition) is 1. The molecule has 1 aromatic carbocycles. The Hall–Kier alpha value is -2.62. The first kappa shape index (κ1) is 14.8. The Morgan fingerprint density at radius 3 is 2.81 bits per heavy atom. The molecule has 2 unspecified atom stereocenters. The first-order valence-corrected chi connectivity index (χ1v) is 6.68. The molecule has 0 aliphatic carbocycles. The van der Waals surface area contributed by atoms with E-state index in [0.29, 0.717) is 12.2 Å². The molecule has 0 saturated carbocycles. The summed E-state index contributed by atoms with van der Waals surface area (Å²) in [6.45, 7) is 2.49. The SMILES string of the molecule is CC1CCC(C(N)=O)CN1c1ccc([N+](=O)[O-])c(C#N)c1. The number of hydrogen-bond acceptors (Lipinski definition) is 5. The molecule has 1 fully saturated rings. The first-order valence-electron chi connectivity index (χ1n) is 6.68. The lowest BCUT2D eigenvalue weighted by Crippen LogP contribution is -2.45. The van der Waals surface area contributed by atoms with Gasteiger partial charge in [-0.25, -0.2) is 0 Å². The van der Waals surface area contributed by atoms with E-state index in [2.05, 4.69) is 0 Å². The second kappa shape index (κ2) is 5.79. The van der Waals surface area contributed by atoms with Gasteiger partial charge in [0.25, 0.3) is 5.69 Å². The van der Waals surface area contributed by atoms with E-state index in [9.17, 15) is 14.9 Å². The van der Waals surface area contributed by atoms with Crippen molar-refractivity contribution in [2.24, 2.45) is 11.7 Å². The van der Waals surface area contributed by atoms with Gasteiger partial charge in [0.1, 0.15) is 11.6 Å². The topological polar surface area (TPSA) is 113 Å². The molecule has 0 aromatic heterocycles. The van der Waals surface area contributed by atoms with Gasteiger partial charge in [-0.05, 0) is 31.9 Å². The van der Waals surface area contributed by atoms with E-state index >= 15 is 0 Å².